The largest absolute Gasteiger partial charge is 0.465 e. The second kappa shape index (κ2) is 7.76. The van der Waals surface area contributed by atoms with Crippen LogP contribution in [-0.4, -0.2) is 23.9 Å². The Balaban J connectivity index is 1.64. The van der Waals surface area contributed by atoms with Gasteiger partial charge in [-0.15, -0.1) is 0 Å². The monoisotopic (exact) mass is 382 g/mol. The maximum atomic E-state index is 11.7. The second-order valence-corrected chi connectivity index (χ2v) is 6.99. The molecule has 1 aromatic heterocycles. The maximum absolute atomic E-state index is 11.7. The van der Waals surface area contributed by atoms with Gasteiger partial charge in [0.1, 0.15) is 0 Å². The van der Waals surface area contributed by atoms with Crippen molar-refractivity contribution in [3.05, 3.63) is 95.3 Å². The van der Waals surface area contributed by atoms with Crippen molar-refractivity contribution in [3.63, 3.8) is 0 Å². The van der Waals surface area contributed by atoms with Gasteiger partial charge in [0.2, 0.25) is 0 Å². The number of carbonyl (C=O) groups excluding carboxylic acids is 1. The fourth-order valence-corrected chi connectivity index (χ4v) is 3.58. The number of carbonyl (C=O) groups is 1. The zero-order chi connectivity index (χ0) is 20.4. The number of aliphatic imine (C=N–C) groups is 1. The summed E-state index contributed by atoms with van der Waals surface area (Å²) >= 11 is 0. The third-order valence-corrected chi connectivity index (χ3v) is 5.10. The molecule has 0 fully saturated rings. The lowest BCUT2D eigenvalue weighted by Crippen LogP contribution is -2.03. The van der Waals surface area contributed by atoms with E-state index in [1.165, 1.54) is 17.9 Å². The number of aromatic nitrogens is 1. The molecule has 1 heterocycles. The first-order valence-electron chi connectivity index (χ1n) is 9.47. The number of hydrogen-bond donors (Lipinski definition) is 0. The molecule has 0 bridgehead atoms. The average molecular weight is 382 g/mol. The van der Waals surface area contributed by atoms with Gasteiger partial charge in [-0.1, -0.05) is 30.3 Å². The van der Waals surface area contributed by atoms with Gasteiger partial charge in [-0.25, -0.2) is 4.79 Å². The van der Waals surface area contributed by atoms with Gasteiger partial charge >= 0.3 is 5.97 Å². The molecular formula is C25H22N2O2. The van der Waals surface area contributed by atoms with Crippen molar-refractivity contribution in [2.24, 2.45) is 4.99 Å². The van der Waals surface area contributed by atoms with E-state index in [2.05, 4.69) is 53.7 Å². The summed E-state index contributed by atoms with van der Waals surface area (Å²) in [6.07, 6.45) is 1.91. The molecule has 0 aliphatic heterocycles. The Hall–Kier alpha value is -3.66. The lowest BCUT2D eigenvalue weighted by atomic mass is 10.1. The van der Waals surface area contributed by atoms with Crippen LogP contribution in [0.25, 0.3) is 16.5 Å². The highest BCUT2D eigenvalue weighted by Gasteiger charge is 2.11. The van der Waals surface area contributed by atoms with Crippen molar-refractivity contribution in [1.29, 1.82) is 0 Å². The molecule has 0 saturated heterocycles. The zero-order valence-electron chi connectivity index (χ0n) is 16.7. The Morgan fingerprint density at radius 2 is 1.66 bits per heavy atom. The number of benzene rings is 3. The van der Waals surface area contributed by atoms with Gasteiger partial charge in [-0.3, -0.25) is 4.99 Å². The molecule has 144 valence electrons. The van der Waals surface area contributed by atoms with E-state index in [1.807, 2.05) is 36.5 Å². The molecule has 0 unspecified atom stereocenters. The van der Waals surface area contributed by atoms with Gasteiger partial charge in [0.05, 0.1) is 18.4 Å². The summed E-state index contributed by atoms with van der Waals surface area (Å²) in [7, 11) is 1.39. The number of nitrogens with zero attached hydrogens (tertiary/aromatic N) is 2. The van der Waals surface area contributed by atoms with Crippen molar-refractivity contribution in [3.8, 4) is 5.69 Å². The number of ether oxygens (including phenoxy) is 1. The summed E-state index contributed by atoms with van der Waals surface area (Å²) in [5.74, 6) is -0.333. The number of fused-ring (bicyclic) bond motifs is 1. The normalized spacial score (nSPS) is 11.3. The van der Waals surface area contributed by atoms with Gasteiger partial charge in [0.25, 0.3) is 0 Å². The standard InChI is InChI=1S/C25H22N2O2/c1-17-14-22(16-26-23-11-8-19-6-4-5-7-21(19)15-23)18(2)27(17)24-12-9-20(10-13-24)25(28)29-3/h4-16H,1-3H3. The molecule has 0 amide bonds. The molecule has 3 aromatic carbocycles. The number of methoxy groups -OCH3 is 1. The first-order valence-corrected chi connectivity index (χ1v) is 9.47. The van der Waals surface area contributed by atoms with Gasteiger partial charge in [-0.2, -0.15) is 0 Å². The SMILES string of the molecule is COC(=O)c1ccc(-n2c(C)cc(C=Nc3ccc4ccccc4c3)c2C)cc1. The number of rotatable bonds is 4. The molecule has 4 nitrogen and oxygen atoms in total. The van der Waals surface area contributed by atoms with Crippen molar-refractivity contribution >= 4 is 28.6 Å². The number of hydrogen-bond acceptors (Lipinski definition) is 3. The van der Waals surface area contributed by atoms with E-state index < -0.39 is 0 Å². The molecule has 0 saturated carbocycles. The summed E-state index contributed by atoms with van der Waals surface area (Å²) < 4.78 is 6.93. The topological polar surface area (TPSA) is 43.6 Å². The minimum absolute atomic E-state index is 0.333. The Bertz CT molecular complexity index is 1220. The Labute approximate surface area is 170 Å². The van der Waals surface area contributed by atoms with Crippen molar-refractivity contribution in [2.75, 3.05) is 7.11 Å². The van der Waals surface area contributed by atoms with Crippen LogP contribution in [0, 0.1) is 13.8 Å². The molecule has 29 heavy (non-hydrogen) atoms. The summed E-state index contributed by atoms with van der Waals surface area (Å²) in [5, 5.41) is 2.39. The van der Waals surface area contributed by atoms with Crippen molar-refractivity contribution in [1.82, 2.24) is 4.57 Å². The van der Waals surface area contributed by atoms with E-state index in [1.54, 1.807) is 12.1 Å². The van der Waals surface area contributed by atoms with E-state index in [4.69, 9.17) is 4.74 Å². The molecule has 0 atom stereocenters. The van der Waals surface area contributed by atoms with Gasteiger partial charge < -0.3 is 9.30 Å². The van der Waals surface area contributed by atoms with Crippen LogP contribution in [0.15, 0.2) is 77.8 Å². The van der Waals surface area contributed by atoms with Crippen LogP contribution in [0.2, 0.25) is 0 Å². The molecule has 4 rings (SSSR count). The molecule has 0 aliphatic rings. The first kappa shape index (κ1) is 18.7. The third-order valence-electron chi connectivity index (χ3n) is 5.10. The smallest absolute Gasteiger partial charge is 0.337 e. The highest BCUT2D eigenvalue weighted by Crippen LogP contribution is 2.23. The van der Waals surface area contributed by atoms with E-state index >= 15 is 0 Å². The fourth-order valence-electron chi connectivity index (χ4n) is 3.58. The number of esters is 1. The predicted octanol–water partition coefficient (Wildman–Crippen LogP) is 5.78. The molecule has 4 aromatic rings. The summed E-state index contributed by atoms with van der Waals surface area (Å²) in [6, 6.07) is 24.0. The molecule has 4 heteroatoms. The van der Waals surface area contributed by atoms with Crippen LogP contribution < -0.4 is 0 Å². The second-order valence-electron chi connectivity index (χ2n) is 6.99. The number of aryl methyl sites for hydroxylation is 1. The molecular weight excluding hydrogens is 360 g/mol. The minimum atomic E-state index is -0.333. The van der Waals surface area contributed by atoms with E-state index in [0.717, 1.165) is 28.3 Å². The van der Waals surface area contributed by atoms with Crippen LogP contribution in [0.3, 0.4) is 0 Å². The Kier molecular flexibility index (Phi) is 5.00. The molecule has 0 spiro atoms. The van der Waals surface area contributed by atoms with E-state index in [0.29, 0.717) is 5.56 Å². The first-order chi connectivity index (χ1) is 14.1. The highest BCUT2D eigenvalue weighted by atomic mass is 16.5. The summed E-state index contributed by atoms with van der Waals surface area (Å²) in [4.78, 5) is 16.3. The van der Waals surface area contributed by atoms with E-state index in [9.17, 15) is 4.79 Å². The Morgan fingerprint density at radius 3 is 2.38 bits per heavy atom. The van der Waals surface area contributed by atoms with Gasteiger partial charge in [0.15, 0.2) is 0 Å². The van der Waals surface area contributed by atoms with Gasteiger partial charge in [-0.05, 0) is 67.1 Å². The zero-order valence-corrected chi connectivity index (χ0v) is 16.7. The maximum Gasteiger partial charge on any atom is 0.337 e. The van der Waals surface area contributed by atoms with Crippen LogP contribution in [0.1, 0.15) is 27.3 Å². The van der Waals surface area contributed by atoms with Crippen molar-refractivity contribution < 1.29 is 9.53 Å². The summed E-state index contributed by atoms with van der Waals surface area (Å²) in [5.41, 5.74) is 5.73. The average Bonchev–Trinajstić information content (AvgIpc) is 3.04. The molecule has 0 aliphatic carbocycles. The fraction of sp³-hybridized carbons (Fsp3) is 0.120. The highest BCUT2D eigenvalue weighted by molar-refractivity contribution is 5.90. The minimum Gasteiger partial charge on any atom is -0.465 e. The quantitative estimate of drug-likeness (QED) is 0.331. The predicted molar refractivity (Wildman–Crippen MR) is 118 cm³/mol. The van der Waals surface area contributed by atoms with Gasteiger partial charge in [0, 0.05) is 28.9 Å². The third kappa shape index (κ3) is 3.69. The molecule has 0 N–H and O–H groups in total. The summed E-state index contributed by atoms with van der Waals surface area (Å²) in [6.45, 7) is 4.14. The van der Waals surface area contributed by atoms with Crippen LogP contribution in [-0.2, 0) is 4.74 Å². The van der Waals surface area contributed by atoms with Crippen LogP contribution in [0.5, 0.6) is 0 Å². The van der Waals surface area contributed by atoms with E-state index in [-0.39, 0.29) is 5.97 Å². The van der Waals surface area contributed by atoms with Crippen LogP contribution in [0.4, 0.5) is 5.69 Å². The lowest BCUT2D eigenvalue weighted by Gasteiger charge is -2.10. The molecule has 0 radical (unpaired) electrons. The lowest BCUT2D eigenvalue weighted by molar-refractivity contribution is 0.0601. The van der Waals surface area contributed by atoms with Crippen molar-refractivity contribution in [2.45, 2.75) is 13.8 Å². The van der Waals surface area contributed by atoms with Crippen LogP contribution >= 0.6 is 0 Å². The Morgan fingerprint density at radius 1 is 0.931 bits per heavy atom.